The molecule has 0 unspecified atom stereocenters. The minimum Gasteiger partial charge on any atom is -0.464 e. The second-order valence-corrected chi connectivity index (χ2v) is 4.02. The third-order valence-electron chi connectivity index (χ3n) is 1.73. The number of nitrogens with one attached hydrogen (secondary N) is 1. The van der Waals surface area contributed by atoms with Crippen molar-refractivity contribution < 1.29 is 23.1 Å². The van der Waals surface area contributed by atoms with Crippen LogP contribution in [0, 0.1) is 0 Å². The van der Waals surface area contributed by atoms with Crippen LogP contribution in [0.15, 0.2) is 0 Å². The number of nitrogens with zero attached hydrogens (tertiary/aromatic N) is 1. The number of alkyl halides is 2. The van der Waals surface area contributed by atoms with Crippen LogP contribution in [0.4, 0.5) is 13.9 Å². The smallest absolute Gasteiger partial charge is 0.358 e. The van der Waals surface area contributed by atoms with Crippen LogP contribution in [-0.4, -0.2) is 36.8 Å². The summed E-state index contributed by atoms with van der Waals surface area (Å²) >= 11 is 0.847. The summed E-state index contributed by atoms with van der Waals surface area (Å²) in [4.78, 5) is 26.4. The van der Waals surface area contributed by atoms with E-state index in [9.17, 15) is 18.4 Å². The molecule has 0 aliphatic rings. The molecule has 0 fully saturated rings. The molecule has 94 valence electrons. The number of ether oxygens (including phenoxy) is 1. The Kier molecular flexibility index (Phi) is 4.50. The Morgan fingerprint density at radius 2 is 2.18 bits per heavy atom. The molecule has 0 radical (unpaired) electrons. The molecule has 1 N–H and O–H groups in total. The number of carbonyl (C=O) groups excluding carboxylic acids is 2. The van der Waals surface area contributed by atoms with Crippen molar-refractivity contribution in [2.75, 3.05) is 19.0 Å². The molecule has 0 atom stereocenters. The van der Waals surface area contributed by atoms with Crippen molar-refractivity contribution in [2.45, 2.75) is 13.3 Å². The van der Waals surface area contributed by atoms with E-state index >= 15 is 0 Å². The van der Waals surface area contributed by atoms with Gasteiger partial charge < -0.3 is 10.1 Å². The molecule has 5 nitrogen and oxygen atoms in total. The van der Waals surface area contributed by atoms with Gasteiger partial charge in [0.25, 0.3) is 6.43 Å². The van der Waals surface area contributed by atoms with Gasteiger partial charge in [0, 0.05) is 6.92 Å². The van der Waals surface area contributed by atoms with Gasteiger partial charge in [-0.15, -0.1) is 0 Å². The summed E-state index contributed by atoms with van der Waals surface area (Å²) in [6, 6.07) is 0. The van der Waals surface area contributed by atoms with Crippen LogP contribution in [0.1, 0.15) is 27.1 Å². The predicted octanol–water partition coefficient (Wildman–Crippen LogP) is 1.81. The third kappa shape index (κ3) is 3.45. The van der Waals surface area contributed by atoms with Crippen LogP contribution in [0.2, 0.25) is 0 Å². The average Bonchev–Trinajstić information content (AvgIpc) is 2.69. The normalized spacial score (nSPS) is 10.4. The van der Waals surface area contributed by atoms with Crippen molar-refractivity contribution in [2.24, 2.45) is 0 Å². The summed E-state index contributed by atoms with van der Waals surface area (Å²) in [6.07, 6.45) is -2.54. The maximum absolute atomic E-state index is 12.0. The van der Waals surface area contributed by atoms with Crippen LogP contribution >= 0.6 is 11.3 Å². The standard InChI is InChI=1S/C9H10F2N2O3S/c1-4(14)7-6(8(15)16-2)13-9(17-7)12-3-5(10)11/h5H,3H2,1-2H3,(H,12,13). The molecular formula is C9H10F2N2O3S. The highest BCUT2D eigenvalue weighted by molar-refractivity contribution is 7.17. The molecule has 0 spiro atoms. The number of methoxy groups -OCH3 is 1. The van der Waals surface area contributed by atoms with E-state index in [1.807, 2.05) is 0 Å². The summed E-state index contributed by atoms with van der Waals surface area (Å²) in [7, 11) is 1.15. The lowest BCUT2D eigenvalue weighted by Crippen LogP contribution is -2.10. The van der Waals surface area contributed by atoms with Crippen molar-refractivity contribution in [3.8, 4) is 0 Å². The number of aromatic nitrogens is 1. The Bertz CT molecular complexity index is 434. The van der Waals surface area contributed by atoms with Gasteiger partial charge in [-0.1, -0.05) is 11.3 Å². The molecule has 0 saturated heterocycles. The summed E-state index contributed by atoms with van der Waals surface area (Å²) in [6.45, 7) is 0.669. The Labute approximate surface area is 99.8 Å². The van der Waals surface area contributed by atoms with Crippen molar-refractivity contribution in [3.05, 3.63) is 10.6 Å². The molecular weight excluding hydrogens is 254 g/mol. The lowest BCUT2D eigenvalue weighted by molar-refractivity contribution is 0.0591. The number of Topliss-reactive ketones (excluding diaryl/α,β-unsaturated/α-hetero) is 1. The fraction of sp³-hybridized carbons (Fsp3) is 0.444. The SMILES string of the molecule is COC(=O)c1nc(NCC(F)F)sc1C(C)=O. The quantitative estimate of drug-likeness (QED) is 0.649. The molecule has 0 saturated carbocycles. The van der Waals surface area contributed by atoms with Gasteiger partial charge in [-0.2, -0.15) is 0 Å². The van der Waals surface area contributed by atoms with E-state index in [1.54, 1.807) is 0 Å². The van der Waals surface area contributed by atoms with Gasteiger partial charge in [-0.05, 0) is 0 Å². The van der Waals surface area contributed by atoms with Crippen molar-refractivity contribution in [1.82, 2.24) is 4.98 Å². The first-order valence-electron chi connectivity index (χ1n) is 4.57. The van der Waals surface area contributed by atoms with Crippen molar-refractivity contribution >= 4 is 28.2 Å². The summed E-state index contributed by atoms with van der Waals surface area (Å²) < 4.78 is 28.4. The lowest BCUT2D eigenvalue weighted by Gasteiger charge is -1.99. The highest BCUT2D eigenvalue weighted by atomic mass is 32.1. The van der Waals surface area contributed by atoms with E-state index in [0.717, 1.165) is 18.4 Å². The second-order valence-electron chi connectivity index (χ2n) is 3.02. The predicted molar refractivity (Wildman–Crippen MR) is 58.0 cm³/mol. The van der Waals surface area contributed by atoms with Crippen LogP contribution in [0.25, 0.3) is 0 Å². The maximum atomic E-state index is 12.0. The zero-order valence-electron chi connectivity index (χ0n) is 9.12. The number of hydrogen-bond donors (Lipinski definition) is 1. The number of ketones is 1. The lowest BCUT2D eigenvalue weighted by atomic mass is 10.3. The van der Waals surface area contributed by atoms with Crippen LogP contribution < -0.4 is 5.32 Å². The minimum absolute atomic E-state index is 0.0913. The van der Waals surface area contributed by atoms with Gasteiger partial charge in [0.15, 0.2) is 16.6 Å². The number of hydrogen-bond acceptors (Lipinski definition) is 6. The van der Waals surface area contributed by atoms with Crippen molar-refractivity contribution in [3.63, 3.8) is 0 Å². The summed E-state index contributed by atoms with van der Waals surface area (Å²) in [5.74, 6) is -1.13. The number of rotatable bonds is 5. The molecule has 1 aromatic heterocycles. The van der Waals surface area contributed by atoms with Gasteiger partial charge in [0.1, 0.15) is 4.88 Å². The molecule has 0 amide bonds. The first-order valence-corrected chi connectivity index (χ1v) is 5.39. The zero-order chi connectivity index (χ0) is 13.0. The monoisotopic (exact) mass is 264 g/mol. The molecule has 8 heteroatoms. The summed E-state index contributed by atoms with van der Waals surface area (Å²) in [5.41, 5.74) is -0.151. The fourth-order valence-corrected chi connectivity index (χ4v) is 1.89. The molecule has 0 aliphatic heterocycles. The molecule has 1 aromatic rings. The minimum atomic E-state index is -2.54. The molecule has 1 rings (SSSR count). The highest BCUT2D eigenvalue weighted by Gasteiger charge is 2.21. The Morgan fingerprint density at radius 3 is 2.65 bits per heavy atom. The largest absolute Gasteiger partial charge is 0.464 e. The second kappa shape index (κ2) is 5.67. The van der Waals surface area contributed by atoms with Crippen LogP contribution in [-0.2, 0) is 4.74 Å². The fourth-order valence-electron chi connectivity index (χ4n) is 1.03. The first-order chi connectivity index (χ1) is 7.95. The maximum Gasteiger partial charge on any atom is 0.358 e. The first kappa shape index (κ1) is 13.5. The van der Waals surface area contributed by atoms with Gasteiger partial charge in [0.2, 0.25) is 0 Å². The van der Waals surface area contributed by atoms with Gasteiger partial charge in [-0.3, -0.25) is 4.79 Å². The Balaban J connectivity index is 2.96. The van der Waals surface area contributed by atoms with Gasteiger partial charge in [0.05, 0.1) is 13.7 Å². The van der Waals surface area contributed by atoms with Crippen LogP contribution in [0.3, 0.4) is 0 Å². The number of thiazole rings is 1. The van der Waals surface area contributed by atoms with E-state index in [4.69, 9.17) is 0 Å². The van der Waals surface area contributed by atoms with Gasteiger partial charge in [-0.25, -0.2) is 18.6 Å². The number of esters is 1. The van der Waals surface area contributed by atoms with Crippen molar-refractivity contribution in [1.29, 1.82) is 0 Å². The Morgan fingerprint density at radius 1 is 1.53 bits per heavy atom. The molecule has 17 heavy (non-hydrogen) atoms. The molecule has 0 bridgehead atoms. The zero-order valence-corrected chi connectivity index (χ0v) is 9.94. The van der Waals surface area contributed by atoms with Crippen LogP contribution in [0.5, 0.6) is 0 Å². The van der Waals surface area contributed by atoms with E-state index in [1.165, 1.54) is 6.92 Å². The van der Waals surface area contributed by atoms with E-state index < -0.39 is 18.9 Å². The number of anilines is 1. The number of halogens is 2. The van der Waals surface area contributed by atoms with E-state index in [-0.39, 0.29) is 21.5 Å². The van der Waals surface area contributed by atoms with Gasteiger partial charge >= 0.3 is 5.97 Å². The molecule has 1 heterocycles. The highest BCUT2D eigenvalue weighted by Crippen LogP contribution is 2.24. The number of carbonyl (C=O) groups is 2. The topological polar surface area (TPSA) is 68.3 Å². The van der Waals surface area contributed by atoms with E-state index in [2.05, 4.69) is 15.0 Å². The molecule has 0 aromatic carbocycles. The molecule has 0 aliphatic carbocycles. The average molecular weight is 264 g/mol. The summed E-state index contributed by atoms with van der Waals surface area (Å²) in [5, 5.41) is 2.43. The van der Waals surface area contributed by atoms with E-state index in [0.29, 0.717) is 0 Å². The Hall–Kier alpha value is -1.57. The third-order valence-corrected chi connectivity index (χ3v) is 2.85.